The molecule has 1 aliphatic carbocycles. The second-order valence-electron chi connectivity index (χ2n) is 5.29. The molecule has 1 N–H and O–H groups in total. The molecule has 1 aliphatic rings. The molecule has 0 aromatic rings. The van der Waals surface area contributed by atoms with Crippen molar-refractivity contribution >= 4 is 6.21 Å². The summed E-state index contributed by atoms with van der Waals surface area (Å²) in [6.07, 6.45) is 7.49. The molecule has 0 saturated carbocycles. The summed E-state index contributed by atoms with van der Waals surface area (Å²) in [7, 11) is 0. The summed E-state index contributed by atoms with van der Waals surface area (Å²) < 4.78 is 0. The van der Waals surface area contributed by atoms with Crippen LogP contribution in [0.25, 0.3) is 0 Å². The van der Waals surface area contributed by atoms with Crippen LogP contribution in [0.4, 0.5) is 0 Å². The first-order valence-corrected chi connectivity index (χ1v) is 5.41. The lowest BCUT2D eigenvalue weighted by Gasteiger charge is -2.18. The highest BCUT2D eigenvalue weighted by molar-refractivity contribution is 5.79. The molecule has 2 heteroatoms. The van der Waals surface area contributed by atoms with Gasteiger partial charge in [0.2, 0.25) is 0 Å². The highest BCUT2D eigenvalue weighted by Crippen LogP contribution is 2.32. The van der Waals surface area contributed by atoms with E-state index in [0.29, 0.717) is 5.41 Å². The van der Waals surface area contributed by atoms with Crippen LogP contribution in [0.2, 0.25) is 0 Å². The van der Waals surface area contributed by atoms with E-state index in [4.69, 9.17) is 5.21 Å². The van der Waals surface area contributed by atoms with E-state index in [2.05, 4.69) is 25.9 Å². The molecule has 0 amide bonds. The Morgan fingerprint density at radius 3 is 2.64 bits per heavy atom. The van der Waals surface area contributed by atoms with Gasteiger partial charge in [0.15, 0.2) is 0 Å². The maximum atomic E-state index is 8.51. The molecule has 14 heavy (non-hydrogen) atoms. The molecule has 0 unspecified atom stereocenters. The fraction of sp³-hybridized carbons (Fsp3) is 0.750. The molecule has 0 aromatic carbocycles. The van der Waals surface area contributed by atoms with E-state index in [9.17, 15) is 0 Å². The van der Waals surface area contributed by atoms with E-state index >= 15 is 0 Å². The Hall–Kier alpha value is -0.790. The zero-order valence-electron chi connectivity index (χ0n) is 9.51. The van der Waals surface area contributed by atoms with Crippen molar-refractivity contribution in [1.82, 2.24) is 0 Å². The average molecular weight is 195 g/mol. The zero-order valence-corrected chi connectivity index (χ0v) is 9.51. The van der Waals surface area contributed by atoms with Crippen LogP contribution in [0, 0.1) is 5.41 Å². The normalized spacial score (nSPS) is 18.5. The summed E-state index contributed by atoms with van der Waals surface area (Å²) in [5.41, 5.74) is 3.16. The summed E-state index contributed by atoms with van der Waals surface area (Å²) in [5, 5.41) is 11.6. The Morgan fingerprint density at radius 2 is 2.07 bits per heavy atom. The van der Waals surface area contributed by atoms with Crippen LogP contribution >= 0.6 is 0 Å². The number of hydrogen-bond donors (Lipinski definition) is 1. The fourth-order valence-electron chi connectivity index (χ4n) is 1.87. The maximum absolute atomic E-state index is 8.51. The standard InChI is InChI=1S/C12H21NO/c1-12(2,3)8-7-10-5-4-6-11(10)9-13-14/h9,14H,4-8H2,1-3H3. The van der Waals surface area contributed by atoms with Crippen molar-refractivity contribution in [3.05, 3.63) is 11.1 Å². The monoisotopic (exact) mass is 195 g/mol. The van der Waals surface area contributed by atoms with Crippen LogP contribution in [-0.4, -0.2) is 11.4 Å². The third-order valence-corrected chi connectivity index (χ3v) is 2.77. The molecular formula is C12H21NO. The SMILES string of the molecule is CC(C)(C)CCC1=C(C=NO)CCC1. The molecule has 0 aromatic heterocycles. The first-order chi connectivity index (χ1) is 6.53. The molecule has 0 atom stereocenters. The third-order valence-electron chi connectivity index (χ3n) is 2.77. The smallest absolute Gasteiger partial charge is 0.0693 e. The van der Waals surface area contributed by atoms with Crippen LogP contribution in [0.1, 0.15) is 52.9 Å². The molecule has 1 rings (SSSR count). The van der Waals surface area contributed by atoms with Crippen LogP contribution in [0.15, 0.2) is 16.3 Å². The Morgan fingerprint density at radius 1 is 1.36 bits per heavy atom. The Labute approximate surface area is 86.7 Å². The van der Waals surface area contributed by atoms with E-state index < -0.39 is 0 Å². The lowest BCUT2D eigenvalue weighted by molar-refractivity contribution is 0.321. The van der Waals surface area contributed by atoms with Gasteiger partial charge in [0.1, 0.15) is 0 Å². The van der Waals surface area contributed by atoms with Gasteiger partial charge in [0.25, 0.3) is 0 Å². The highest BCUT2D eigenvalue weighted by atomic mass is 16.4. The van der Waals surface area contributed by atoms with Gasteiger partial charge in [0, 0.05) is 0 Å². The molecule has 0 spiro atoms. The van der Waals surface area contributed by atoms with E-state index in [1.165, 1.54) is 30.4 Å². The Balaban J connectivity index is 2.54. The van der Waals surface area contributed by atoms with Crippen molar-refractivity contribution in [2.45, 2.75) is 52.9 Å². The molecule has 0 heterocycles. The van der Waals surface area contributed by atoms with Crippen LogP contribution in [0.3, 0.4) is 0 Å². The minimum atomic E-state index is 0.400. The number of nitrogens with zero attached hydrogens (tertiary/aromatic N) is 1. The van der Waals surface area contributed by atoms with Gasteiger partial charge in [-0.1, -0.05) is 31.5 Å². The van der Waals surface area contributed by atoms with Gasteiger partial charge in [0.05, 0.1) is 6.21 Å². The van der Waals surface area contributed by atoms with Crippen molar-refractivity contribution in [2.24, 2.45) is 10.6 Å². The average Bonchev–Trinajstić information content (AvgIpc) is 2.48. The summed E-state index contributed by atoms with van der Waals surface area (Å²) in [6.45, 7) is 6.80. The van der Waals surface area contributed by atoms with Gasteiger partial charge in [-0.3, -0.25) is 0 Å². The predicted molar refractivity (Wildman–Crippen MR) is 59.8 cm³/mol. The van der Waals surface area contributed by atoms with Gasteiger partial charge >= 0.3 is 0 Å². The Bertz CT molecular complexity index is 246. The minimum Gasteiger partial charge on any atom is -0.411 e. The lowest BCUT2D eigenvalue weighted by Crippen LogP contribution is -2.05. The topological polar surface area (TPSA) is 32.6 Å². The van der Waals surface area contributed by atoms with Crippen molar-refractivity contribution in [2.75, 3.05) is 0 Å². The van der Waals surface area contributed by atoms with Gasteiger partial charge in [-0.2, -0.15) is 0 Å². The Kier molecular flexibility index (Phi) is 3.73. The van der Waals surface area contributed by atoms with E-state index in [0.717, 1.165) is 12.8 Å². The first kappa shape index (κ1) is 11.3. The molecule has 0 fully saturated rings. The molecule has 80 valence electrons. The van der Waals surface area contributed by atoms with Crippen LogP contribution in [0.5, 0.6) is 0 Å². The van der Waals surface area contributed by atoms with Crippen LogP contribution in [-0.2, 0) is 0 Å². The number of oxime groups is 1. The first-order valence-electron chi connectivity index (χ1n) is 5.41. The number of allylic oxidation sites excluding steroid dienone is 2. The minimum absolute atomic E-state index is 0.400. The molecule has 0 aliphatic heterocycles. The van der Waals surface area contributed by atoms with Crippen molar-refractivity contribution < 1.29 is 5.21 Å². The summed E-state index contributed by atoms with van der Waals surface area (Å²) in [4.78, 5) is 0. The molecule has 0 radical (unpaired) electrons. The second-order valence-corrected chi connectivity index (χ2v) is 5.29. The number of rotatable bonds is 3. The number of hydrogen-bond acceptors (Lipinski definition) is 2. The van der Waals surface area contributed by atoms with Gasteiger partial charge in [-0.15, -0.1) is 0 Å². The molecule has 0 bridgehead atoms. The summed E-state index contributed by atoms with van der Waals surface area (Å²) in [5.74, 6) is 0. The van der Waals surface area contributed by atoms with Crippen molar-refractivity contribution in [3.63, 3.8) is 0 Å². The van der Waals surface area contributed by atoms with Gasteiger partial charge in [-0.25, -0.2) is 0 Å². The fourth-order valence-corrected chi connectivity index (χ4v) is 1.87. The summed E-state index contributed by atoms with van der Waals surface area (Å²) in [6, 6.07) is 0. The van der Waals surface area contributed by atoms with Crippen LogP contribution < -0.4 is 0 Å². The quantitative estimate of drug-likeness (QED) is 0.415. The van der Waals surface area contributed by atoms with E-state index in [1.807, 2.05) is 0 Å². The largest absolute Gasteiger partial charge is 0.411 e. The lowest BCUT2D eigenvalue weighted by atomic mass is 9.88. The molecule has 2 nitrogen and oxygen atoms in total. The highest BCUT2D eigenvalue weighted by Gasteiger charge is 2.16. The van der Waals surface area contributed by atoms with Gasteiger partial charge < -0.3 is 5.21 Å². The van der Waals surface area contributed by atoms with Crippen molar-refractivity contribution in [1.29, 1.82) is 0 Å². The zero-order chi connectivity index (χ0) is 10.6. The molecule has 0 saturated heterocycles. The van der Waals surface area contributed by atoms with E-state index in [1.54, 1.807) is 6.21 Å². The van der Waals surface area contributed by atoms with Crippen molar-refractivity contribution in [3.8, 4) is 0 Å². The maximum Gasteiger partial charge on any atom is 0.0693 e. The second kappa shape index (κ2) is 4.63. The summed E-state index contributed by atoms with van der Waals surface area (Å²) >= 11 is 0. The molecular weight excluding hydrogens is 174 g/mol. The van der Waals surface area contributed by atoms with E-state index in [-0.39, 0.29) is 0 Å². The third kappa shape index (κ3) is 3.52. The van der Waals surface area contributed by atoms with Gasteiger partial charge in [-0.05, 0) is 43.1 Å². The predicted octanol–water partition coefficient (Wildman–Crippen LogP) is 3.75.